The van der Waals surface area contributed by atoms with E-state index >= 15 is 0 Å². The fraction of sp³-hybridized carbons (Fsp3) is 0.792. The Morgan fingerprint density at radius 1 is 1.18 bits per heavy atom. The zero-order valence-electron chi connectivity index (χ0n) is 22.5. The van der Waals surface area contributed by atoms with Crippen LogP contribution in [0.3, 0.4) is 0 Å². The smallest absolute Gasteiger partial charge is 0.356 e. The lowest BCUT2D eigenvalue weighted by Crippen LogP contribution is -2.42. The minimum absolute atomic E-state index is 0.0944. The maximum atomic E-state index is 12.9. The van der Waals surface area contributed by atoms with Crippen LogP contribution in [0.1, 0.15) is 66.5 Å². The lowest BCUT2D eigenvalue weighted by atomic mass is 9.96. The van der Waals surface area contributed by atoms with Crippen molar-refractivity contribution in [1.29, 1.82) is 0 Å². The summed E-state index contributed by atoms with van der Waals surface area (Å²) in [5, 5.41) is 3.61. The van der Waals surface area contributed by atoms with Gasteiger partial charge in [-0.3, -0.25) is 9.13 Å². The first-order valence-corrected chi connectivity index (χ1v) is 15.3. The molecule has 1 saturated carbocycles. The van der Waals surface area contributed by atoms with Gasteiger partial charge in [0, 0.05) is 6.04 Å². The highest BCUT2D eigenvalue weighted by molar-refractivity contribution is 7.53. The highest BCUT2D eigenvalue weighted by atomic mass is 35.5. The van der Waals surface area contributed by atoms with Crippen molar-refractivity contribution in [2.45, 2.75) is 96.2 Å². The van der Waals surface area contributed by atoms with Crippen LogP contribution in [0.5, 0.6) is 0 Å². The molecule has 3 aliphatic rings. The van der Waals surface area contributed by atoms with Gasteiger partial charge in [0.1, 0.15) is 24.2 Å². The number of imidazole rings is 1. The van der Waals surface area contributed by atoms with Crippen LogP contribution >= 0.6 is 19.2 Å². The Labute approximate surface area is 227 Å². The fourth-order valence-corrected chi connectivity index (χ4v) is 7.23. The largest absolute Gasteiger partial charge is 0.366 e. The van der Waals surface area contributed by atoms with Crippen molar-refractivity contribution >= 4 is 36.2 Å². The molecular weight excluding hydrogens is 537 g/mol. The van der Waals surface area contributed by atoms with Gasteiger partial charge in [-0.25, -0.2) is 4.98 Å². The van der Waals surface area contributed by atoms with Crippen LogP contribution in [-0.2, 0) is 32.6 Å². The molecule has 2 aromatic heterocycles. The van der Waals surface area contributed by atoms with Crippen molar-refractivity contribution in [3.63, 3.8) is 0 Å². The second kappa shape index (κ2) is 10.9. The van der Waals surface area contributed by atoms with Crippen LogP contribution < -0.4 is 5.32 Å². The normalized spacial score (nSPS) is 29.4. The van der Waals surface area contributed by atoms with Gasteiger partial charge in [0.2, 0.25) is 5.28 Å². The minimum atomic E-state index is -3.37. The number of fused-ring (bicyclic) bond motifs is 2. The Kier molecular flexibility index (Phi) is 8.08. The highest BCUT2D eigenvalue weighted by Gasteiger charge is 2.64. The first-order valence-electron chi connectivity index (χ1n) is 13.2. The SMILES string of the molecule is CCOP(=O)(COC[C@H]1O[C@@H](n2cnc3c(NC4CCCC4)nc(Cl)nc32)[C@]2(C)OC(C)(C)O[C@H]12)OCC. The molecule has 2 aromatic rings. The second-order valence-electron chi connectivity index (χ2n) is 10.5. The second-order valence-corrected chi connectivity index (χ2v) is 12.8. The number of nitrogens with one attached hydrogen (secondary N) is 1. The Hall–Kier alpha value is -1.37. The number of hydrogen-bond acceptors (Lipinski definition) is 11. The maximum Gasteiger partial charge on any atom is 0.356 e. The zero-order chi connectivity index (χ0) is 27.1. The van der Waals surface area contributed by atoms with E-state index in [2.05, 4.69) is 20.3 Å². The van der Waals surface area contributed by atoms with Gasteiger partial charge in [0.05, 0.1) is 26.1 Å². The topological polar surface area (TPSA) is 128 Å². The summed E-state index contributed by atoms with van der Waals surface area (Å²) in [7, 11) is -3.37. The van der Waals surface area contributed by atoms with E-state index in [0.717, 1.165) is 12.8 Å². The summed E-state index contributed by atoms with van der Waals surface area (Å²) in [6.07, 6.45) is 4.34. The summed E-state index contributed by atoms with van der Waals surface area (Å²) in [5.74, 6) is -0.249. The summed E-state index contributed by atoms with van der Waals surface area (Å²) >= 11 is 6.36. The van der Waals surface area contributed by atoms with E-state index < -0.39 is 37.4 Å². The first-order chi connectivity index (χ1) is 18.1. The van der Waals surface area contributed by atoms with E-state index in [4.69, 9.17) is 39.6 Å². The minimum Gasteiger partial charge on any atom is -0.366 e. The quantitative estimate of drug-likeness (QED) is 0.291. The summed E-state index contributed by atoms with van der Waals surface area (Å²) in [6.45, 7) is 9.78. The van der Waals surface area contributed by atoms with Crippen molar-refractivity contribution in [2.24, 2.45) is 0 Å². The molecule has 14 heteroatoms. The highest BCUT2D eigenvalue weighted by Crippen LogP contribution is 2.52. The predicted octanol–water partition coefficient (Wildman–Crippen LogP) is 4.88. The standard InChI is InChI=1S/C24H37ClN5O7P/c1-6-33-38(31,34-7-2)14-32-12-16-18-24(5,37-23(3,4)36-18)21(35-16)30-13-26-17-19(27-15-10-8-9-11-15)28-22(25)29-20(17)30/h13,15-16,18,21H,6-12,14H2,1-5H3,(H,27,28,29)/t16-,18-,21-,24-/m1/s1. The summed E-state index contributed by atoms with van der Waals surface area (Å²) in [4.78, 5) is 13.5. The molecular formula is C24H37ClN5O7P. The van der Waals surface area contributed by atoms with Crippen molar-refractivity contribution in [2.75, 3.05) is 31.5 Å². The maximum absolute atomic E-state index is 12.9. The monoisotopic (exact) mass is 573 g/mol. The average Bonchev–Trinajstić information content (AvgIpc) is 3.58. The Bertz CT molecular complexity index is 1180. The third kappa shape index (κ3) is 5.47. The molecule has 0 spiro atoms. The van der Waals surface area contributed by atoms with Crippen molar-refractivity contribution in [1.82, 2.24) is 19.5 Å². The van der Waals surface area contributed by atoms with Crippen LogP contribution in [0.25, 0.3) is 11.2 Å². The van der Waals surface area contributed by atoms with E-state index in [0.29, 0.717) is 23.0 Å². The summed E-state index contributed by atoms with van der Waals surface area (Å²) in [5.41, 5.74) is 0.241. The molecule has 0 unspecified atom stereocenters. The number of hydrogen-bond donors (Lipinski definition) is 1. The zero-order valence-corrected chi connectivity index (χ0v) is 24.2. The van der Waals surface area contributed by atoms with Crippen LogP contribution in [0.15, 0.2) is 6.33 Å². The van der Waals surface area contributed by atoms with Crippen molar-refractivity contribution in [3.8, 4) is 0 Å². The molecule has 3 fully saturated rings. The molecule has 212 valence electrons. The van der Waals surface area contributed by atoms with Gasteiger partial charge in [-0.2, -0.15) is 9.97 Å². The molecule has 0 aromatic carbocycles. The lowest BCUT2D eigenvalue weighted by Gasteiger charge is -2.30. The third-order valence-electron chi connectivity index (χ3n) is 7.10. The molecule has 4 heterocycles. The molecule has 0 bridgehead atoms. The molecule has 0 radical (unpaired) electrons. The number of nitrogens with zero attached hydrogens (tertiary/aromatic N) is 4. The van der Waals surface area contributed by atoms with Gasteiger partial charge in [-0.1, -0.05) is 12.8 Å². The molecule has 1 N–H and O–H groups in total. The molecule has 0 amide bonds. The van der Waals surface area contributed by atoms with E-state index in [1.165, 1.54) is 12.8 Å². The third-order valence-corrected chi connectivity index (χ3v) is 9.07. The van der Waals surface area contributed by atoms with Crippen molar-refractivity contribution in [3.05, 3.63) is 11.6 Å². The Balaban J connectivity index is 1.41. The van der Waals surface area contributed by atoms with Gasteiger partial charge >= 0.3 is 7.60 Å². The van der Waals surface area contributed by atoms with Gasteiger partial charge in [-0.05, 0) is 59.1 Å². The van der Waals surface area contributed by atoms with Gasteiger partial charge in [-0.15, -0.1) is 0 Å². The molecule has 2 saturated heterocycles. The lowest BCUT2D eigenvalue weighted by molar-refractivity contribution is -0.218. The van der Waals surface area contributed by atoms with E-state index in [-0.39, 0.29) is 31.5 Å². The average molecular weight is 574 g/mol. The van der Waals surface area contributed by atoms with Crippen LogP contribution in [0.2, 0.25) is 5.28 Å². The molecule has 4 atom stereocenters. The Morgan fingerprint density at radius 3 is 2.58 bits per heavy atom. The van der Waals surface area contributed by atoms with Crippen LogP contribution in [0.4, 0.5) is 5.82 Å². The van der Waals surface area contributed by atoms with Crippen LogP contribution in [-0.4, -0.2) is 75.3 Å². The number of halogens is 1. The summed E-state index contributed by atoms with van der Waals surface area (Å²) < 4.78 is 50.3. The number of aromatic nitrogens is 4. The van der Waals surface area contributed by atoms with Gasteiger partial charge in [0.25, 0.3) is 0 Å². The van der Waals surface area contributed by atoms with Crippen LogP contribution in [0, 0.1) is 0 Å². The van der Waals surface area contributed by atoms with E-state index in [1.807, 2.05) is 25.3 Å². The molecule has 1 aliphatic carbocycles. The number of anilines is 1. The van der Waals surface area contributed by atoms with Gasteiger partial charge < -0.3 is 33.3 Å². The van der Waals surface area contributed by atoms with E-state index in [9.17, 15) is 4.57 Å². The van der Waals surface area contributed by atoms with E-state index in [1.54, 1.807) is 20.2 Å². The Morgan fingerprint density at radius 2 is 1.89 bits per heavy atom. The predicted molar refractivity (Wildman–Crippen MR) is 140 cm³/mol. The van der Waals surface area contributed by atoms with Gasteiger partial charge in [0.15, 0.2) is 29.0 Å². The number of rotatable bonds is 11. The molecule has 2 aliphatic heterocycles. The molecule has 5 rings (SSSR count). The number of ether oxygens (including phenoxy) is 4. The first kappa shape index (κ1) is 28.2. The summed E-state index contributed by atoms with van der Waals surface area (Å²) in [6, 6.07) is 0.331. The van der Waals surface area contributed by atoms with Crippen molar-refractivity contribution < 1.29 is 32.6 Å². The molecule has 12 nitrogen and oxygen atoms in total. The fourth-order valence-electron chi connectivity index (χ4n) is 5.72. The molecule has 38 heavy (non-hydrogen) atoms.